The van der Waals surface area contributed by atoms with Crippen molar-refractivity contribution in [3.8, 4) is 0 Å². The third-order valence-electron chi connectivity index (χ3n) is 2.42. The number of halogens is 1. The number of aromatic amines is 1. The summed E-state index contributed by atoms with van der Waals surface area (Å²) in [6.07, 6.45) is 3.38. The number of nitrogens with zero attached hydrogens (tertiary/aromatic N) is 2. The van der Waals surface area contributed by atoms with E-state index >= 15 is 0 Å². The minimum Gasteiger partial charge on any atom is -0.370 e. The van der Waals surface area contributed by atoms with Crippen LogP contribution >= 0.6 is 11.6 Å². The normalized spacial score (nSPS) is 10.2. The number of carbonyl (C=O) groups is 1. The molecule has 0 aromatic carbocycles. The van der Waals surface area contributed by atoms with Crippen molar-refractivity contribution in [3.63, 3.8) is 0 Å². The van der Waals surface area contributed by atoms with Crippen LogP contribution in [0.2, 0.25) is 5.15 Å². The molecule has 0 saturated carbocycles. The molecule has 0 saturated heterocycles. The van der Waals surface area contributed by atoms with Gasteiger partial charge in [-0.15, -0.1) is 0 Å². The predicted molar refractivity (Wildman–Crippen MR) is 73.2 cm³/mol. The fourth-order valence-corrected chi connectivity index (χ4v) is 1.77. The van der Waals surface area contributed by atoms with E-state index < -0.39 is 0 Å². The number of carbonyl (C=O) groups excluding carboxylic acids is 1. The van der Waals surface area contributed by atoms with Gasteiger partial charge in [-0.25, -0.2) is 4.98 Å². The van der Waals surface area contributed by atoms with Crippen molar-refractivity contribution in [1.82, 2.24) is 20.5 Å². The third-order valence-corrected chi connectivity index (χ3v) is 2.62. The highest BCUT2D eigenvalue weighted by atomic mass is 35.5. The number of hydrogen-bond acceptors (Lipinski definition) is 4. The van der Waals surface area contributed by atoms with E-state index in [-0.39, 0.29) is 11.1 Å². The standard InChI is InChI=1S/C12H14ClN5O/c1-2-14-11-4-9(3-10(13)18-11)12(19)15-5-8-6-16-17-7-8/h3-4,6-7H,2,5H2,1H3,(H,14,18)(H,15,19)(H,16,17). The lowest BCUT2D eigenvalue weighted by Crippen LogP contribution is -2.22. The molecule has 0 fully saturated rings. The van der Waals surface area contributed by atoms with Gasteiger partial charge in [0.05, 0.1) is 6.20 Å². The highest BCUT2D eigenvalue weighted by Gasteiger charge is 2.09. The number of pyridine rings is 1. The molecule has 7 heteroatoms. The summed E-state index contributed by atoms with van der Waals surface area (Å²) in [6, 6.07) is 3.20. The molecule has 100 valence electrons. The SMILES string of the molecule is CCNc1cc(C(=O)NCc2cn[nH]c2)cc(Cl)n1. The topological polar surface area (TPSA) is 82.7 Å². The number of amides is 1. The first-order valence-electron chi connectivity index (χ1n) is 5.86. The Morgan fingerprint density at radius 3 is 3.00 bits per heavy atom. The number of anilines is 1. The van der Waals surface area contributed by atoms with Crippen LogP contribution in [0.5, 0.6) is 0 Å². The van der Waals surface area contributed by atoms with Crippen molar-refractivity contribution in [3.05, 3.63) is 40.8 Å². The number of rotatable bonds is 5. The van der Waals surface area contributed by atoms with E-state index in [0.717, 1.165) is 5.56 Å². The van der Waals surface area contributed by atoms with E-state index in [4.69, 9.17) is 11.6 Å². The zero-order valence-corrected chi connectivity index (χ0v) is 11.2. The van der Waals surface area contributed by atoms with E-state index in [2.05, 4.69) is 25.8 Å². The summed E-state index contributed by atoms with van der Waals surface area (Å²) in [5, 5.41) is 12.6. The van der Waals surface area contributed by atoms with Gasteiger partial charge in [0.2, 0.25) is 0 Å². The summed E-state index contributed by atoms with van der Waals surface area (Å²) in [5.74, 6) is 0.383. The first-order chi connectivity index (χ1) is 9.19. The van der Waals surface area contributed by atoms with Crippen LogP contribution in [0, 0.1) is 0 Å². The van der Waals surface area contributed by atoms with Crippen LogP contribution in [-0.2, 0) is 6.54 Å². The summed E-state index contributed by atoms with van der Waals surface area (Å²) in [4.78, 5) is 16.1. The molecule has 0 spiro atoms. The highest BCUT2D eigenvalue weighted by Crippen LogP contribution is 2.14. The maximum atomic E-state index is 12.0. The van der Waals surface area contributed by atoms with Crippen molar-refractivity contribution in [2.24, 2.45) is 0 Å². The minimum absolute atomic E-state index is 0.204. The summed E-state index contributed by atoms with van der Waals surface area (Å²) in [6.45, 7) is 3.07. The average Bonchev–Trinajstić information content (AvgIpc) is 2.88. The largest absolute Gasteiger partial charge is 0.370 e. The second-order valence-corrected chi connectivity index (χ2v) is 4.27. The maximum Gasteiger partial charge on any atom is 0.251 e. The van der Waals surface area contributed by atoms with E-state index in [1.54, 1.807) is 18.5 Å². The first-order valence-corrected chi connectivity index (χ1v) is 6.24. The molecule has 0 unspecified atom stereocenters. The third kappa shape index (κ3) is 3.69. The molecule has 0 bridgehead atoms. The van der Waals surface area contributed by atoms with Crippen molar-refractivity contribution >= 4 is 23.3 Å². The van der Waals surface area contributed by atoms with Gasteiger partial charge in [0, 0.05) is 30.4 Å². The maximum absolute atomic E-state index is 12.0. The van der Waals surface area contributed by atoms with Crippen molar-refractivity contribution in [1.29, 1.82) is 0 Å². The van der Waals surface area contributed by atoms with Crippen molar-refractivity contribution in [2.75, 3.05) is 11.9 Å². The minimum atomic E-state index is -0.204. The molecule has 2 aromatic rings. The lowest BCUT2D eigenvalue weighted by molar-refractivity contribution is 0.0951. The first kappa shape index (κ1) is 13.4. The average molecular weight is 280 g/mol. The van der Waals surface area contributed by atoms with E-state index in [9.17, 15) is 4.79 Å². The smallest absolute Gasteiger partial charge is 0.251 e. The molecule has 0 aliphatic rings. The van der Waals surface area contributed by atoms with Crippen LogP contribution in [0.3, 0.4) is 0 Å². The second-order valence-electron chi connectivity index (χ2n) is 3.88. The fourth-order valence-electron chi connectivity index (χ4n) is 1.56. The Morgan fingerprint density at radius 2 is 2.32 bits per heavy atom. The Hall–Kier alpha value is -2.08. The van der Waals surface area contributed by atoms with Crippen molar-refractivity contribution in [2.45, 2.75) is 13.5 Å². The molecule has 3 N–H and O–H groups in total. The van der Waals surface area contributed by atoms with Crippen LogP contribution in [0.15, 0.2) is 24.5 Å². The summed E-state index contributed by atoms with van der Waals surface area (Å²) in [5.41, 5.74) is 1.37. The second kappa shape index (κ2) is 6.19. The van der Waals surface area contributed by atoms with Crippen LogP contribution < -0.4 is 10.6 Å². The molecule has 19 heavy (non-hydrogen) atoms. The monoisotopic (exact) mass is 279 g/mol. The van der Waals surface area contributed by atoms with Gasteiger partial charge in [0.25, 0.3) is 5.91 Å². The van der Waals surface area contributed by atoms with E-state index in [1.807, 2.05) is 6.92 Å². The molecule has 0 aliphatic heterocycles. The number of hydrogen-bond donors (Lipinski definition) is 3. The lowest BCUT2D eigenvalue weighted by Gasteiger charge is -2.07. The number of aromatic nitrogens is 3. The van der Waals surface area contributed by atoms with Crippen LogP contribution in [-0.4, -0.2) is 27.6 Å². The van der Waals surface area contributed by atoms with Gasteiger partial charge < -0.3 is 10.6 Å². The van der Waals surface area contributed by atoms with Gasteiger partial charge in [0.15, 0.2) is 0 Å². The molecule has 0 atom stereocenters. The van der Waals surface area contributed by atoms with Gasteiger partial charge in [-0.05, 0) is 19.1 Å². The van der Waals surface area contributed by atoms with E-state index in [1.165, 1.54) is 6.07 Å². The Morgan fingerprint density at radius 1 is 1.47 bits per heavy atom. The zero-order chi connectivity index (χ0) is 13.7. The Kier molecular flexibility index (Phi) is 4.35. The fraction of sp³-hybridized carbons (Fsp3) is 0.250. The number of nitrogens with one attached hydrogen (secondary N) is 3. The Labute approximate surface area is 115 Å². The zero-order valence-electron chi connectivity index (χ0n) is 10.4. The van der Waals surface area contributed by atoms with Gasteiger partial charge in [-0.3, -0.25) is 9.89 Å². The van der Waals surface area contributed by atoms with Crippen LogP contribution in [0.1, 0.15) is 22.8 Å². The molecule has 0 radical (unpaired) electrons. The quantitative estimate of drug-likeness (QED) is 0.729. The van der Waals surface area contributed by atoms with Crippen LogP contribution in [0.4, 0.5) is 5.82 Å². The van der Waals surface area contributed by atoms with Crippen molar-refractivity contribution < 1.29 is 4.79 Å². The van der Waals surface area contributed by atoms with Gasteiger partial charge >= 0.3 is 0 Å². The van der Waals surface area contributed by atoms with Gasteiger partial charge in [-0.2, -0.15) is 5.10 Å². The van der Waals surface area contributed by atoms with Gasteiger partial charge in [-0.1, -0.05) is 11.6 Å². The summed E-state index contributed by atoms with van der Waals surface area (Å²) >= 11 is 5.88. The molecule has 2 heterocycles. The highest BCUT2D eigenvalue weighted by molar-refractivity contribution is 6.29. The molecule has 0 aliphatic carbocycles. The molecule has 1 amide bonds. The summed E-state index contributed by atoms with van der Waals surface area (Å²) in [7, 11) is 0. The summed E-state index contributed by atoms with van der Waals surface area (Å²) < 4.78 is 0. The predicted octanol–water partition coefficient (Wildman–Crippen LogP) is 1.82. The Balaban J connectivity index is 2.05. The molecule has 2 rings (SSSR count). The molecule has 2 aromatic heterocycles. The number of H-pyrrole nitrogens is 1. The lowest BCUT2D eigenvalue weighted by atomic mass is 10.2. The molecular formula is C12H14ClN5O. The molecule has 6 nitrogen and oxygen atoms in total. The Bertz CT molecular complexity index is 555. The molecular weight excluding hydrogens is 266 g/mol. The van der Waals surface area contributed by atoms with Gasteiger partial charge in [0.1, 0.15) is 11.0 Å². The van der Waals surface area contributed by atoms with E-state index in [0.29, 0.717) is 24.5 Å². The van der Waals surface area contributed by atoms with Crippen LogP contribution in [0.25, 0.3) is 0 Å².